The number of carbonyl (C=O) groups excluding carboxylic acids is 2. The summed E-state index contributed by atoms with van der Waals surface area (Å²) in [5.74, 6) is -0.319. The minimum absolute atomic E-state index is 0.123. The number of rotatable bonds is 2. The normalized spacial score (nSPS) is 19.1. The van der Waals surface area contributed by atoms with E-state index in [9.17, 15) is 9.59 Å². The zero-order chi connectivity index (χ0) is 13.8. The highest BCUT2D eigenvalue weighted by Crippen LogP contribution is 2.17. The maximum Gasteiger partial charge on any atom is 0.255 e. The van der Waals surface area contributed by atoms with Crippen molar-refractivity contribution in [3.63, 3.8) is 0 Å². The van der Waals surface area contributed by atoms with E-state index in [2.05, 4.69) is 27.9 Å². The van der Waals surface area contributed by atoms with Gasteiger partial charge in [-0.1, -0.05) is 12.1 Å². The number of likely N-dealkylation sites (N-methyl/N-ethyl adjacent to an activating group) is 1. The molecule has 1 aromatic carbocycles. The first-order valence-electron chi connectivity index (χ1n) is 6.00. The molecule has 1 fully saturated rings. The Labute approximate surface area is 125 Å². The van der Waals surface area contributed by atoms with Gasteiger partial charge >= 0.3 is 0 Å². The molecule has 0 bridgehead atoms. The Balaban J connectivity index is 2.25. The number of nitrogens with one attached hydrogen (secondary N) is 1. The van der Waals surface area contributed by atoms with Crippen molar-refractivity contribution < 1.29 is 14.3 Å². The summed E-state index contributed by atoms with van der Waals surface area (Å²) in [7, 11) is 1.56. The Kier molecular flexibility index (Phi) is 4.76. The van der Waals surface area contributed by atoms with E-state index in [-0.39, 0.29) is 18.4 Å². The van der Waals surface area contributed by atoms with Crippen LogP contribution in [0.15, 0.2) is 24.3 Å². The predicted octanol–water partition coefficient (Wildman–Crippen LogP) is 0.878. The molecule has 0 aromatic heterocycles. The third-order valence-electron chi connectivity index (χ3n) is 3.04. The third kappa shape index (κ3) is 3.06. The maximum absolute atomic E-state index is 12.5. The highest BCUT2D eigenvalue weighted by molar-refractivity contribution is 14.1. The average Bonchev–Trinajstić information content (AvgIpc) is 2.46. The number of morpholine rings is 1. The first kappa shape index (κ1) is 14.3. The van der Waals surface area contributed by atoms with E-state index in [1.165, 1.54) is 0 Å². The first-order valence-corrected chi connectivity index (χ1v) is 7.08. The van der Waals surface area contributed by atoms with Gasteiger partial charge in [-0.2, -0.15) is 0 Å². The van der Waals surface area contributed by atoms with Crippen molar-refractivity contribution in [2.75, 3.05) is 26.8 Å². The lowest BCUT2D eigenvalue weighted by Crippen LogP contribution is -2.55. The molecule has 2 rings (SSSR count). The number of carbonyl (C=O) groups is 2. The van der Waals surface area contributed by atoms with Gasteiger partial charge in [0.25, 0.3) is 5.91 Å². The lowest BCUT2D eigenvalue weighted by Gasteiger charge is -2.34. The monoisotopic (exact) mass is 374 g/mol. The number of amides is 2. The molecule has 0 spiro atoms. The van der Waals surface area contributed by atoms with Crippen molar-refractivity contribution in [3.8, 4) is 0 Å². The van der Waals surface area contributed by atoms with Crippen LogP contribution in [0.25, 0.3) is 0 Å². The van der Waals surface area contributed by atoms with Crippen LogP contribution in [0.2, 0.25) is 0 Å². The number of nitrogens with zero attached hydrogens (tertiary/aromatic N) is 1. The first-order chi connectivity index (χ1) is 9.15. The molecule has 1 atom stereocenters. The summed E-state index contributed by atoms with van der Waals surface area (Å²) >= 11 is 2.13. The van der Waals surface area contributed by atoms with E-state index in [0.717, 1.165) is 3.57 Å². The minimum atomic E-state index is -0.553. The lowest BCUT2D eigenvalue weighted by atomic mass is 10.1. The smallest absolute Gasteiger partial charge is 0.255 e. The highest BCUT2D eigenvalue weighted by Gasteiger charge is 2.33. The Morgan fingerprint density at radius 2 is 2.16 bits per heavy atom. The van der Waals surface area contributed by atoms with Crippen molar-refractivity contribution in [2.45, 2.75) is 6.04 Å². The molecule has 2 amide bonds. The largest absolute Gasteiger partial charge is 0.377 e. The van der Waals surface area contributed by atoms with Gasteiger partial charge in [0.2, 0.25) is 5.91 Å². The topological polar surface area (TPSA) is 58.6 Å². The Bertz CT molecular complexity index is 493. The van der Waals surface area contributed by atoms with Gasteiger partial charge in [-0.15, -0.1) is 0 Å². The molecule has 1 N–H and O–H groups in total. The molecule has 1 aliphatic heterocycles. The number of hydrogen-bond donors (Lipinski definition) is 1. The van der Waals surface area contributed by atoms with Crippen LogP contribution in [0.3, 0.4) is 0 Å². The van der Waals surface area contributed by atoms with Crippen LogP contribution in [0, 0.1) is 3.57 Å². The van der Waals surface area contributed by atoms with Gasteiger partial charge in [-0.05, 0) is 34.7 Å². The van der Waals surface area contributed by atoms with Crippen LogP contribution in [0.4, 0.5) is 0 Å². The van der Waals surface area contributed by atoms with Gasteiger partial charge in [0.1, 0.15) is 6.04 Å². The molecule has 102 valence electrons. The molecule has 1 saturated heterocycles. The van der Waals surface area contributed by atoms with E-state index < -0.39 is 6.04 Å². The molecule has 6 heteroatoms. The summed E-state index contributed by atoms with van der Waals surface area (Å²) < 4.78 is 6.18. The zero-order valence-electron chi connectivity index (χ0n) is 10.6. The van der Waals surface area contributed by atoms with Crippen molar-refractivity contribution in [1.29, 1.82) is 0 Å². The fourth-order valence-corrected chi connectivity index (χ4v) is 2.64. The summed E-state index contributed by atoms with van der Waals surface area (Å²) in [6, 6.07) is 6.81. The van der Waals surface area contributed by atoms with Gasteiger partial charge in [0.05, 0.1) is 18.8 Å². The van der Waals surface area contributed by atoms with Crippen LogP contribution in [-0.4, -0.2) is 49.6 Å². The molecule has 5 nitrogen and oxygen atoms in total. The van der Waals surface area contributed by atoms with Crippen LogP contribution < -0.4 is 5.32 Å². The fourth-order valence-electron chi connectivity index (χ4n) is 2.02. The predicted molar refractivity (Wildman–Crippen MR) is 78.9 cm³/mol. The quantitative estimate of drug-likeness (QED) is 0.782. The summed E-state index contributed by atoms with van der Waals surface area (Å²) in [5.41, 5.74) is 0.624. The third-order valence-corrected chi connectivity index (χ3v) is 3.98. The van der Waals surface area contributed by atoms with Gasteiger partial charge in [0.15, 0.2) is 0 Å². The number of hydrogen-bond acceptors (Lipinski definition) is 3. The standard InChI is InChI=1S/C13H15IN2O3/c1-15-12(17)11-8-19-7-6-16(11)13(18)9-4-2-3-5-10(9)14/h2-5,11H,6-8H2,1H3,(H,15,17). The molecular formula is C13H15IN2O3. The zero-order valence-corrected chi connectivity index (χ0v) is 12.7. The van der Waals surface area contributed by atoms with Crippen LogP contribution in [0.1, 0.15) is 10.4 Å². The second kappa shape index (κ2) is 6.33. The second-order valence-electron chi connectivity index (χ2n) is 4.18. The molecule has 1 aromatic rings. The summed E-state index contributed by atoms with van der Waals surface area (Å²) in [4.78, 5) is 25.9. The van der Waals surface area contributed by atoms with Gasteiger partial charge in [0, 0.05) is 17.2 Å². The van der Waals surface area contributed by atoms with E-state index >= 15 is 0 Å². The molecular weight excluding hydrogens is 359 g/mol. The fraction of sp³-hybridized carbons (Fsp3) is 0.385. The molecule has 1 aliphatic rings. The van der Waals surface area contributed by atoms with Gasteiger partial charge in [-0.25, -0.2) is 0 Å². The average molecular weight is 374 g/mol. The highest BCUT2D eigenvalue weighted by atomic mass is 127. The molecule has 1 unspecified atom stereocenters. The van der Waals surface area contributed by atoms with Gasteiger partial charge in [-0.3, -0.25) is 9.59 Å². The SMILES string of the molecule is CNC(=O)C1COCCN1C(=O)c1ccccc1I. The molecule has 0 radical (unpaired) electrons. The maximum atomic E-state index is 12.5. The minimum Gasteiger partial charge on any atom is -0.377 e. The Morgan fingerprint density at radius 1 is 1.42 bits per heavy atom. The Hall–Kier alpha value is -1.15. The van der Waals surface area contributed by atoms with Crippen molar-refractivity contribution in [1.82, 2.24) is 10.2 Å². The Morgan fingerprint density at radius 3 is 2.84 bits per heavy atom. The van der Waals surface area contributed by atoms with Gasteiger partial charge < -0.3 is 15.0 Å². The molecule has 0 aliphatic carbocycles. The number of benzene rings is 1. The van der Waals surface area contributed by atoms with E-state index in [1.54, 1.807) is 18.0 Å². The van der Waals surface area contributed by atoms with Crippen LogP contribution in [-0.2, 0) is 9.53 Å². The van der Waals surface area contributed by atoms with Crippen LogP contribution in [0.5, 0.6) is 0 Å². The van der Waals surface area contributed by atoms with E-state index in [1.807, 2.05) is 18.2 Å². The number of ether oxygens (including phenoxy) is 1. The second-order valence-corrected chi connectivity index (χ2v) is 5.35. The van der Waals surface area contributed by atoms with E-state index in [0.29, 0.717) is 18.7 Å². The van der Waals surface area contributed by atoms with Crippen molar-refractivity contribution >= 4 is 34.4 Å². The van der Waals surface area contributed by atoms with Crippen molar-refractivity contribution in [2.24, 2.45) is 0 Å². The number of halogens is 1. The van der Waals surface area contributed by atoms with Crippen molar-refractivity contribution in [3.05, 3.63) is 33.4 Å². The summed E-state index contributed by atoms with van der Waals surface area (Å²) in [6.07, 6.45) is 0. The summed E-state index contributed by atoms with van der Waals surface area (Å²) in [5, 5.41) is 2.57. The molecule has 19 heavy (non-hydrogen) atoms. The lowest BCUT2D eigenvalue weighted by molar-refractivity contribution is -0.130. The van der Waals surface area contributed by atoms with E-state index in [4.69, 9.17) is 4.74 Å². The van der Waals surface area contributed by atoms with Crippen LogP contribution >= 0.6 is 22.6 Å². The molecule has 0 saturated carbocycles. The summed E-state index contributed by atoms with van der Waals surface area (Å²) in [6.45, 7) is 1.14. The molecule has 1 heterocycles.